The highest BCUT2D eigenvalue weighted by Crippen LogP contribution is 2.33. The Kier molecular flexibility index (Phi) is 9.58. The van der Waals surface area contributed by atoms with E-state index >= 15 is 0 Å². The van der Waals surface area contributed by atoms with Crippen molar-refractivity contribution in [2.24, 2.45) is 5.73 Å². The number of rotatable bonds is 11. The van der Waals surface area contributed by atoms with E-state index in [0.29, 0.717) is 17.9 Å². The number of nitrogens with zero attached hydrogens (tertiary/aromatic N) is 2. The molecule has 2 aliphatic heterocycles. The van der Waals surface area contributed by atoms with Crippen LogP contribution in [0.15, 0.2) is 18.2 Å². The number of imide groups is 2. The Morgan fingerprint density at radius 1 is 1.10 bits per heavy atom. The van der Waals surface area contributed by atoms with Gasteiger partial charge in [0.25, 0.3) is 17.7 Å². The molecule has 2 heterocycles. The Hall–Kier alpha value is -4.05. The first-order valence-corrected chi connectivity index (χ1v) is 11.8. The van der Waals surface area contributed by atoms with Crippen LogP contribution < -0.4 is 15.8 Å². The fraction of sp³-hybridized carbons (Fsp3) is 0.478. The van der Waals surface area contributed by atoms with Gasteiger partial charge in [0.05, 0.1) is 17.7 Å². The molecule has 0 aromatic heterocycles. The third kappa shape index (κ3) is 7.08. The highest BCUT2D eigenvalue weighted by Gasteiger charge is 2.46. The van der Waals surface area contributed by atoms with Gasteiger partial charge in [-0.25, -0.2) is 4.79 Å². The molecule has 0 spiro atoms. The first kappa shape index (κ1) is 29.5. The first-order valence-electron chi connectivity index (χ1n) is 11.8. The fourth-order valence-corrected chi connectivity index (χ4v) is 3.79. The van der Waals surface area contributed by atoms with Crippen LogP contribution in [-0.2, 0) is 28.8 Å². The lowest BCUT2D eigenvalue weighted by Crippen LogP contribution is -2.54. The van der Waals surface area contributed by atoms with Crippen molar-refractivity contribution in [1.29, 1.82) is 0 Å². The molecule has 1 aromatic carbocycles. The Bertz CT molecular complexity index is 1160. The number of halogens is 3. The first-order chi connectivity index (χ1) is 18.5. The number of fused-ring (bicyclic) bond motifs is 1. The average molecular weight is 558 g/mol. The normalized spacial score (nSPS) is 17.1. The Morgan fingerprint density at radius 3 is 2.49 bits per heavy atom. The summed E-state index contributed by atoms with van der Waals surface area (Å²) in [6.45, 7) is -0.728. The molecule has 3 rings (SSSR count). The minimum atomic E-state index is -5.37. The quantitative estimate of drug-likeness (QED) is 0.215. The van der Waals surface area contributed by atoms with Crippen molar-refractivity contribution in [1.82, 2.24) is 15.3 Å². The van der Waals surface area contributed by atoms with E-state index in [2.05, 4.69) is 10.2 Å². The smallest absolute Gasteiger partial charge is 0.483 e. The zero-order chi connectivity index (χ0) is 28.7. The monoisotopic (exact) mass is 558 g/mol. The molecule has 39 heavy (non-hydrogen) atoms. The van der Waals surface area contributed by atoms with Gasteiger partial charge in [-0.15, -0.1) is 0 Å². The van der Waals surface area contributed by atoms with Crippen LogP contribution in [0.5, 0.6) is 5.75 Å². The lowest BCUT2D eigenvalue weighted by molar-refractivity contribution is -0.237. The largest absolute Gasteiger partial charge is 0.493 e. The fourth-order valence-electron chi connectivity index (χ4n) is 3.79. The van der Waals surface area contributed by atoms with Crippen LogP contribution in [0, 0.1) is 0 Å². The number of nitrogens with one attached hydrogen (secondary N) is 1. The number of alkyl halides is 3. The van der Waals surface area contributed by atoms with Gasteiger partial charge >= 0.3 is 12.1 Å². The molecule has 5 amide bonds. The number of piperidine rings is 1. The van der Waals surface area contributed by atoms with Gasteiger partial charge in [-0.2, -0.15) is 18.2 Å². The predicted octanol–water partition coefficient (Wildman–Crippen LogP) is 0.0712. The molecule has 1 atom stereocenters. The lowest BCUT2D eigenvalue weighted by atomic mass is 10.0. The SMILES string of the molecule is NCCCOCCCN(OC(=O)C(F)(F)F)C(=O)COc1cccc2c1C(=O)N(C1CCC(=O)NC1=O)C2=O. The summed E-state index contributed by atoms with van der Waals surface area (Å²) in [6, 6.07) is 2.62. The van der Waals surface area contributed by atoms with Crippen LogP contribution in [0.3, 0.4) is 0 Å². The standard InChI is InChI=1S/C23H25F3N4O9/c24-23(25,26)22(36)39-29(9-3-11-37-10-2-8-27)17(32)12-38-15-5-1-4-13-18(15)21(35)30(20(13)34)14-6-7-16(31)28-19(14)33/h1,4-5,14H,2-3,6-12,27H2,(H,28,31,33). The van der Waals surface area contributed by atoms with Gasteiger partial charge in [0.2, 0.25) is 11.8 Å². The number of carbonyl (C=O) groups excluding carboxylic acids is 6. The summed E-state index contributed by atoms with van der Waals surface area (Å²) in [6.07, 6.45) is -4.99. The van der Waals surface area contributed by atoms with E-state index in [-0.39, 0.29) is 54.4 Å². The van der Waals surface area contributed by atoms with Gasteiger partial charge in [0.1, 0.15) is 11.8 Å². The molecule has 0 aliphatic carbocycles. The zero-order valence-electron chi connectivity index (χ0n) is 20.5. The zero-order valence-corrected chi connectivity index (χ0v) is 20.5. The summed E-state index contributed by atoms with van der Waals surface area (Å²) < 4.78 is 48.7. The van der Waals surface area contributed by atoms with Crippen molar-refractivity contribution in [3.05, 3.63) is 29.3 Å². The highest BCUT2D eigenvalue weighted by atomic mass is 19.4. The van der Waals surface area contributed by atoms with Gasteiger partial charge in [0, 0.05) is 19.6 Å². The van der Waals surface area contributed by atoms with E-state index in [9.17, 15) is 41.9 Å². The third-order valence-corrected chi connectivity index (χ3v) is 5.63. The summed E-state index contributed by atoms with van der Waals surface area (Å²) in [5, 5.41) is 2.23. The molecule has 0 saturated carbocycles. The molecule has 1 fully saturated rings. The minimum Gasteiger partial charge on any atom is -0.483 e. The number of hydrogen-bond donors (Lipinski definition) is 2. The molecular formula is C23H25F3N4O9. The number of nitrogens with two attached hydrogens (primary N) is 1. The van der Waals surface area contributed by atoms with Crippen LogP contribution in [0.2, 0.25) is 0 Å². The maximum Gasteiger partial charge on any atom is 0.493 e. The molecule has 0 radical (unpaired) electrons. The average Bonchev–Trinajstić information content (AvgIpc) is 3.13. The Morgan fingerprint density at radius 2 is 1.82 bits per heavy atom. The van der Waals surface area contributed by atoms with E-state index in [4.69, 9.17) is 15.2 Å². The highest BCUT2D eigenvalue weighted by molar-refractivity contribution is 6.24. The topological polar surface area (TPSA) is 175 Å². The van der Waals surface area contributed by atoms with E-state index < -0.39 is 60.9 Å². The Labute approximate surface area is 219 Å². The minimum absolute atomic E-state index is 0.0100. The summed E-state index contributed by atoms with van der Waals surface area (Å²) in [5.41, 5.74) is 4.93. The number of hydroxylamine groups is 2. The molecule has 1 unspecified atom stereocenters. The van der Waals surface area contributed by atoms with E-state index in [1.165, 1.54) is 18.2 Å². The molecule has 212 valence electrons. The van der Waals surface area contributed by atoms with Crippen molar-refractivity contribution >= 4 is 35.5 Å². The van der Waals surface area contributed by atoms with Crippen LogP contribution in [0.25, 0.3) is 0 Å². The summed E-state index contributed by atoms with van der Waals surface area (Å²) in [7, 11) is 0. The van der Waals surface area contributed by atoms with Gasteiger partial charge in [0.15, 0.2) is 6.61 Å². The maximum absolute atomic E-state index is 13.1. The van der Waals surface area contributed by atoms with Crippen LogP contribution in [0.4, 0.5) is 13.2 Å². The van der Waals surface area contributed by atoms with Crippen LogP contribution >= 0.6 is 0 Å². The summed E-state index contributed by atoms with van der Waals surface area (Å²) >= 11 is 0. The van der Waals surface area contributed by atoms with Crippen molar-refractivity contribution in [2.75, 3.05) is 32.9 Å². The molecule has 3 N–H and O–H groups in total. The van der Waals surface area contributed by atoms with Gasteiger partial charge in [-0.3, -0.25) is 34.2 Å². The number of amides is 5. The molecule has 16 heteroatoms. The second kappa shape index (κ2) is 12.7. The molecule has 1 aromatic rings. The van der Waals surface area contributed by atoms with E-state index in [0.717, 1.165) is 0 Å². The van der Waals surface area contributed by atoms with Gasteiger partial charge in [-0.05, 0) is 37.9 Å². The predicted molar refractivity (Wildman–Crippen MR) is 122 cm³/mol. The van der Waals surface area contributed by atoms with Gasteiger partial charge < -0.3 is 20.0 Å². The van der Waals surface area contributed by atoms with Crippen LogP contribution in [0.1, 0.15) is 46.4 Å². The van der Waals surface area contributed by atoms with E-state index in [1.54, 1.807) is 0 Å². The molecule has 0 bridgehead atoms. The number of hydrogen-bond acceptors (Lipinski definition) is 10. The number of carbonyl (C=O) groups is 6. The number of ether oxygens (including phenoxy) is 2. The second-order valence-corrected chi connectivity index (χ2v) is 8.40. The van der Waals surface area contributed by atoms with Crippen molar-refractivity contribution in [3.63, 3.8) is 0 Å². The maximum atomic E-state index is 13.1. The van der Waals surface area contributed by atoms with E-state index in [1.807, 2.05) is 0 Å². The number of benzene rings is 1. The third-order valence-electron chi connectivity index (χ3n) is 5.63. The molecule has 1 saturated heterocycles. The van der Waals surface area contributed by atoms with Gasteiger partial charge in [-0.1, -0.05) is 6.07 Å². The second-order valence-electron chi connectivity index (χ2n) is 8.40. The lowest BCUT2D eigenvalue weighted by Gasteiger charge is -2.27. The molecule has 13 nitrogen and oxygen atoms in total. The molecular weight excluding hydrogens is 533 g/mol. The summed E-state index contributed by atoms with van der Waals surface area (Å²) in [5.74, 6) is -7.19. The van der Waals surface area contributed by atoms with Crippen molar-refractivity contribution in [3.8, 4) is 5.75 Å². The van der Waals surface area contributed by atoms with Crippen molar-refractivity contribution < 1.29 is 56.2 Å². The van der Waals surface area contributed by atoms with Crippen molar-refractivity contribution in [2.45, 2.75) is 37.9 Å². The Balaban J connectivity index is 1.70. The molecule has 2 aliphatic rings. The van der Waals surface area contributed by atoms with Crippen LogP contribution in [-0.4, -0.2) is 90.6 Å². The summed E-state index contributed by atoms with van der Waals surface area (Å²) in [4.78, 5) is 78.5.